The molecule has 2 N–H and O–H groups in total. The molecule has 9 heteroatoms. The van der Waals surface area contributed by atoms with Crippen molar-refractivity contribution < 1.29 is 18.4 Å². The first kappa shape index (κ1) is 26.9. The molecule has 1 aliphatic carbocycles. The highest BCUT2D eigenvalue weighted by Crippen LogP contribution is 2.45. The molecular weight excluding hydrogens is 524 g/mol. The van der Waals surface area contributed by atoms with Gasteiger partial charge in [-0.15, -0.1) is 0 Å². The van der Waals surface area contributed by atoms with Gasteiger partial charge < -0.3 is 10.6 Å². The number of hydrogen-bond donors (Lipinski definition) is 2. The van der Waals surface area contributed by atoms with E-state index in [1.54, 1.807) is 12.1 Å². The largest absolute Gasteiger partial charge is 0.337 e. The number of nitrogens with zero attached hydrogens (tertiary/aromatic N) is 3. The predicted octanol–water partition coefficient (Wildman–Crippen LogP) is 6.29. The lowest BCUT2D eigenvalue weighted by Crippen LogP contribution is -2.59. The van der Waals surface area contributed by atoms with E-state index in [4.69, 9.17) is 0 Å². The van der Waals surface area contributed by atoms with Crippen LogP contribution in [-0.4, -0.2) is 41.0 Å². The molecule has 2 aliphatic heterocycles. The SMILES string of the molecule is N#Cc1ccccc1C1CCC(N2CC(CNC(=O)N3Cc4ccccc4NC3=O)[C@H]2c2ccc(F)c(F)c2)CC1. The predicted molar refractivity (Wildman–Crippen MR) is 150 cm³/mol. The second-order valence-electron chi connectivity index (χ2n) is 11.1. The van der Waals surface area contributed by atoms with Gasteiger partial charge in [-0.3, -0.25) is 4.90 Å². The van der Waals surface area contributed by atoms with Gasteiger partial charge in [0.25, 0.3) is 0 Å². The van der Waals surface area contributed by atoms with Gasteiger partial charge in [0.2, 0.25) is 0 Å². The van der Waals surface area contributed by atoms with Gasteiger partial charge in [0.1, 0.15) is 0 Å². The molecule has 3 aliphatic rings. The molecule has 3 aromatic rings. The minimum atomic E-state index is -0.891. The number of nitriles is 1. The van der Waals surface area contributed by atoms with E-state index in [-0.39, 0.29) is 24.5 Å². The molecule has 0 spiro atoms. The second kappa shape index (κ2) is 11.3. The fraction of sp³-hybridized carbons (Fsp3) is 0.344. The number of imide groups is 1. The van der Waals surface area contributed by atoms with Crippen LogP contribution in [0.4, 0.5) is 24.1 Å². The molecule has 1 saturated heterocycles. The Balaban J connectivity index is 1.13. The fourth-order valence-corrected chi connectivity index (χ4v) is 6.69. The molecule has 1 unspecified atom stereocenters. The Bertz CT molecular complexity index is 1510. The number of carbonyl (C=O) groups is 2. The summed E-state index contributed by atoms with van der Waals surface area (Å²) in [6.07, 6.45) is 3.74. The maximum Gasteiger partial charge on any atom is 0.330 e. The highest BCUT2D eigenvalue weighted by molar-refractivity contribution is 6.02. The third-order valence-corrected chi connectivity index (χ3v) is 8.81. The standard InChI is InChI=1S/C32H31F2N5O2/c33-27-14-11-21(15-28(27)34)30-24(17-36-31(40)39-18-23-6-2-4-8-29(23)37-32(39)41)19-38(30)25-12-9-20(10-13-25)26-7-3-1-5-22(26)16-35/h1-8,11,14-15,20,24-25,30H,9-10,12-13,17-19H2,(H,36,40)(H,37,41)/t20?,24?,25?,30-/m1/s1. The molecule has 41 heavy (non-hydrogen) atoms. The van der Waals surface area contributed by atoms with Gasteiger partial charge in [0, 0.05) is 36.8 Å². The summed E-state index contributed by atoms with van der Waals surface area (Å²) in [5.74, 6) is -1.49. The Hall–Kier alpha value is -4.29. The zero-order valence-electron chi connectivity index (χ0n) is 22.5. The molecule has 2 fully saturated rings. The normalized spacial score (nSPS) is 24.0. The summed E-state index contributed by atoms with van der Waals surface area (Å²) in [4.78, 5) is 29.1. The number of amides is 4. The van der Waals surface area contributed by atoms with Gasteiger partial charge in [-0.05, 0) is 72.6 Å². The smallest absolute Gasteiger partial charge is 0.330 e. The summed E-state index contributed by atoms with van der Waals surface area (Å²) >= 11 is 0. The highest BCUT2D eigenvalue weighted by Gasteiger charge is 2.45. The van der Waals surface area contributed by atoms with Crippen LogP contribution in [0.25, 0.3) is 0 Å². The Morgan fingerprint density at radius 3 is 2.54 bits per heavy atom. The fourth-order valence-electron chi connectivity index (χ4n) is 6.69. The summed E-state index contributed by atoms with van der Waals surface area (Å²) in [6.45, 7) is 1.17. The lowest BCUT2D eigenvalue weighted by atomic mass is 9.75. The molecule has 0 radical (unpaired) electrons. The molecule has 3 aromatic carbocycles. The van der Waals surface area contributed by atoms with E-state index in [1.165, 1.54) is 6.07 Å². The van der Waals surface area contributed by atoms with Gasteiger partial charge in [0.15, 0.2) is 11.6 Å². The number of anilines is 1. The molecule has 6 rings (SSSR count). The van der Waals surface area contributed by atoms with E-state index >= 15 is 0 Å². The summed E-state index contributed by atoms with van der Waals surface area (Å²) in [7, 11) is 0. The zero-order chi connectivity index (χ0) is 28.5. The van der Waals surface area contributed by atoms with Crippen molar-refractivity contribution in [3.8, 4) is 6.07 Å². The van der Waals surface area contributed by atoms with Crippen molar-refractivity contribution in [2.45, 2.75) is 50.2 Å². The summed E-state index contributed by atoms with van der Waals surface area (Å²) in [5.41, 5.74) is 4.04. The monoisotopic (exact) mass is 555 g/mol. The molecule has 210 valence electrons. The van der Waals surface area contributed by atoms with Crippen LogP contribution < -0.4 is 10.6 Å². The molecule has 0 aromatic heterocycles. The molecule has 0 bridgehead atoms. The Labute approximate surface area is 237 Å². The van der Waals surface area contributed by atoms with Crippen LogP contribution in [-0.2, 0) is 6.54 Å². The molecule has 7 nitrogen and oxygen atoms in total. The number of benzene rings is 3. The van der Waals surface area contributed by atoms with Crippen LogP contribution in [0.3, 0.4) is 0 Å². The maximum absolute atomic E-state index is 14.3. The van der Waals surface area contributed by atoms with Crippen LogP contribution in [0.1, 0.15) is 59.9 Å². The number of likely N-dealkylation sites (tertiary alicyclic amines) is 1. The van der Waals surface area contributed by atoms with E-state index in [1.807, 2.05) is 42.5 Å². The topological polar surface area (TPSA) is 88.5 Å². The van der Waals surface area contributed by atoms with Crippen LogP contribution in [0.5, 0.6) is 0 Å². The van der Waals surface area contributed by atoms with E-state index in [2.05, 4.69) is 21.6 Å². The maximum atomic E-state index is 14.3. The summed E-state index contributed by atoms with van der Waals surface area (Å²) in [5, 5.41) is 15.2. The van der Waals surface area contributed by atoms with Crippen molar-refractivity contribution in [1.82, 2.24) is 15.1 Å². The van der Waals surface area contributed by atoms with Crippen molar-refractivity contribution >= 4 is 17.7 Å². The number of hydrogen-bond acceptors (Lipinski definition) is 4. The van der Waals surface area contributed by atoms with Crippen molar-refractivity contribution in [2.24, 2.45) is 5.92 Å². The van der Waals surface area contributed by atoms with Gasteiger partial charge >= 0.3 is 12.1 Å². The van der Waals surface area contributed by atoms with Gasteiger partial charge in [-0.25, -0.2) is 23.3 Å². The molecule has 2 heterocycles. The minimum Gasteiger partial charge on any atom is -0.337 e. The van der Waals surface area contributed by atoms with Crippen LogP contribution in [0.2, 0.25) is 0 Å². The summed E-state index contributed by atoms with van der Waals surface area (Å²) in [6, 6.07) is 20.5. The molecule has 1 saturated carbocycles. The number of fused-ring (bicyclic) bond motifs is 1. The molecular formula is C32H31F2N5O2. The minimum absolute atomic E-state index is 0.0269. The average molecular weight is 556 g/mol. The Morgan fingerprint density at radius 1 is 1.00 bits per heavy atom. The van der Waals surface area contributed by atoms with Gasteiger partial charge in [-0.2, -0.15) is 5.26 Å². The van der Waals surface area contributed by atoms with Crippen molar-refractivity contribution in [1.29, 1.82) is 5.26 Å². The van der Waals surface area contributed by atoms with Crippen LogP contribution in [0.15, 0.2) is 66.7 Å². The van der Waals surface area contributed by atoms with Gasteiger partial charge in [-0.1, -0.05) is 42.5 Å². The number of para-hydroxylation sites is 1. The number of carbonyl (C=O) groups excluding carboxylic acids is 2. The lowest BCUT2D eigenvalue weighted by Gasteiger charge is -2.54. The first-order valence-electron chi connectivity index (χ1n) is 14.1. The quantitative estimate of drug-likeness (QED) is 0.387. The number of nitrogens with one attached hydrogen (secondary N) is 2. The zero-order valence-corrected chi connectivity index (χ0v) is 22.5. The third kappa shape index (κ3) is 5.27. The average Bonchev–Trinajstić information content (AvgIpc) is 2.98. The van der Waals surface area contributed by atoms with Crippen molar-refractivity contribution in [2.75, 3.05) is 18.4 Å². The molecule has 4 amide bonds. The van der Waals surface area contributed by atoms with E-state index in [0.29, 0.717) is 30.3 Å². The second-order valence-corrected chi connectivity index (χ2v) is 11.1. The number of rotatable bonds is 5. The molecule has 2 atom stereocenters. The highest BCUT2D eigenvalue weighted by atomic mass is 19.2. The van der Waals surface area contributed by atoms with E-state index < -0.39 is 23.7 Å². The number of halogens is 2. The summed E-state index contributed by atoms with van der Waals surface area (Å²) < 4.78 is 28.1. The Morgan fingerprint density at radius 2 is 1.76 bits per heavy atom. The van der Waals surface area contributed by atoms with E-state index in [9.17, 15) is 23.6 Å². The first-order valence-corrected chi connectivity index (χ1v) is 14.1. The Kier molecular flexibility index (Phi) is 7.41. The van der Waals surface area contributed by atoms with Crippen molar-refractivity contribution in [3.05, 3.63) is 101 Å². The van der Waals surface area contributed by atoms with Gasteiger partial charge in [0.05, 0.1) is 18.2 Å². The van der Waals surface area contributed by atoms with Crippen molar-refractivity contribution in [3.63, 3.8) is 0 Å². The first-order chi connectivity index (χ1) is 19.9. The van der Waals surface area contributed by atoms with E-state index in [0.717, 1.165) is 53.3 Å². The van der Waals surface area contributed by atoms with Crippen LogP contribution in [0, 0.1) is 28.9 Å². The lowest BCUT2D eigenvalue weighted by molar-refractivity contribution is -0.0368. The van der Waals surface area contributed by atoms with Crippen LogP contribution >= 0.6 is 0 Å². The number of urea groups is 2. The third-order valence-electron chi connectivity index (χ3n) is 8.81.